The minimum absolute atomic E-state index is 0.179. The predicted molar refractivity (Wildman–Crippen MR) is 63.2 cm³/mol. The first-order chi connectivity index (χ1) is 6.41. The zero-order valence-electron chi connectivity index (χ0n) is 10.7. The van der Waals surface area contributed by atoms with E-state index in [4.69, 9.17) is 0 Å². The van der Waals surface area contributed by atoms with E-state index in [1.807, 2.05) is 6.92 Å². The molecule has 5 atom stereocenters. The van der Waals surface area contributed by atoms with E-state index in [2.05, 4.69) is 34.6 Å². The molecule has 0 heterocycles. The third-order valence-corrected chi connectivity index (χ3v) is 4.06. The molecule has 4 unspecified atom stereocenters. The Bertz CT molecular complexity index is 142. The Balaban J connectivity index is 4.15. The topological polar surface area (TPSA) is 20.2 Å². The van der Waals surface area contributed by atoms with Crippen LogP contribution in [-0.2, 0) is 0 Å². The summed E-state index contributed by atoms with van der Waals surface area (Å²) in [6, 6.07) is 0. The zero-order chi connectivity index (χ0) is 11.3. The SMILES string of the molecule is CCC[C@H](C)C(C)C(C)C(C)C(C)O. The Morgan fingerprint density at radius 1 is 0.857 bits per heavy atom. The molecule has 0 aromatic carbocycles. The molecule has 0 rings (SSSR count). The fourth-order valence-electron chi connectivity index (χ4n) is 2.15. The van der Waals surface area contributed by atoms with Gasteiger partial charge in [0.1, 0.15) is 0 Å². The molecule has 0 aliphatic heterocycles. The summed E-state index contributed by atoms with van der Waals surface area (Å²) in [5, 5.41) is 9.55. The summed E-state index contributed by atoms with van der Waals surface area (Å²) in [6.07, 6.45) is 2.39. The molecule has 0 aliphatic rings. The van der Waals surface area contributed by atoms with E-state index >= 15 is 0 Å². The normalized spacial score (nSPS) is 22.5. The molecule has 86 valence electrons. The predicted octanol–water partition coefficient (Wildman–Crippen LogP) is 3.71. The summed E-state index contributed by atoms with van der Waals surface area (Å²) < 4.78 is 0. The third kappa shape index (κ3) is 4.00. The minimum Gasteiger partial charge on any atom is -0.393 e. The van der Waals surface area contributed by atoms with Crippen LogP contribution >= 0.6 is 0 Å². The summed E-state index contributed by atoms with van der Waals surface area (Å²) in [4.78, 5) is 0. The van der Waals surface area contributed by atoms with Crippen LogP contribution in [0.2, 0.25) is 0 Å². The number of hydrogen-bond donors (Lipinski definition) is 1. The smallest absolute Gasteiger partial charge is 0.0540 e. The molecule has 0 amide bonds. The molecule has 0 aliphatic carbocycles. The van der Waals surface area contributed by atoms with Gasteiger partial charge in [0, 0.05) is 0 Å². The lowest BCUT2D eigenvalue weighted by atomic mass is 9.75. The van der Waals surface area contributed by atoms with E-state index in [0.717, 1.165) is 5.92 Å². The number of hydrogen-bond acceptors (Lipinski definition) is 1. The molecule has 0 bridgehead atoms. The average Bonchev–Trinajstić information content (AvgIpc) is 2.14. The Hall–Kier alpha value is -0.0400. The number of aliphatic hydroxyl groups excluding tert-OH is 1. The van der Waals surface area contributed by atoms with E-state index in [1.165, 1.54) is 12.8 Å². The maximum absolute atomic E-state index is 9.55. The van der Waals surface area contributed by atoms with Crippen molar-refractivity contribution in [3.05, 3.63) is 0 Å². The van der Waals surface area contributed by atoms with Crippen LogP contribution in [0.15, 0.2) is 0 Å². The van der Waals surface area contributed by atoms with Crippen molar-refractivity contribution in [2.45, 2.75) is 60.5 Å². The van der Waals surface area contributed by atoms with Crippen LogP contribution < -0.4 is 0 Å². The molecule has 0 saturated heterocycles. The summed E-state index contributed by atoms with van der Waals surface area (Å²) in [5.74, 6) is 2.50. The van der Waals surface area contributed by atoms with Gasteiger partial charge in [-0.1, -0.05) is 47.5 Å². The van der Waals surface area contributed by atoms with Gasteiger partial charge in [0.15, 0.2) is 0 Å². The molecular weight excluding hydrogens is 172 g/mol. The standard InChI is InChI=1S/C13H28O/c1-7-8-9(2)10(3)11(4)12(5)13(6)14/h9-14H,7-8H2,1-6H3/t9-,10?,11?,12?,13?/m0/s1. The van der Waals surface area contributed by atoms with Crippen LogP contribution in [0.1, 0.15) is 54.4 Å². The maximum Gasteiger partial charge on any atom is 0.0540 e. The van der Waals surface area contributed by atoms with E-state index in [-0.39, 0.29) is 6.10 Å². The zero-order valence-corrected chi connectivity index (χ0v) is 10.7. The molecular formula is C13H28O. The lowest BCUT2D eigenvalue weighted by Crippen LogP contribution is -2.28. The van der Waals surface area contributed by atoms with Crippen LogP contribution in [0.4, 0.5) is 0 Å². The third-order valence-electron chi connectivity index (χ3n) is 4.06. The first kappa shape index (κ1) is 14.0. The van der Waals surface area contributed by atoms with Crippen molar-refractivity contribution in [1.82, 2.24) is 0 Å². The van der Waals surface area contributed by atoms with Gasteiger partial charge in [-0.15, -0.1) is 0 Å². The first-order valence-corrected chi connectivity index (χ1v) is 6.09. The molecule has 14 heavy (non-hydrogen) atoms. The van der Waals surface area contributed by atoms with E-state index in [9.17, 15) is 5.11 Å². The quantitative estimate of drug-likeness (QED) is 0.693. The van der Waals surface area contributed by atoms with Crippen molar-refractivity contribution in [1.29, 1.82) is 0 Å². The van der Waals surface area contributed by atoms with Crippen LogP contribution in [0.3, 0.4) is 0 Å². The molecule has 0 aromatic heterocycles. The number of rotatable bonds is 6. The van der Waals surface area contributed by atoms with Gasteiger partial charge >= 0.3 is 0 Å². The van der Waals surface area contributed by atoms with Gasteiger partial charge in [0.05, 0.1) is 6.10 Å². The molecule has 1 heteroatoms. The van der Waals surface area contributed by atoms with Gasteiger partial charge in [-0.3, -0.25) is 0 Å². The number of aliphatic hydroxyl groups is 1. The second kappa shape index (κ2) is 6.44. The van der Waals surface area contributed by atoms with Crippen molar-refractivity contribution in [3.8, 4) is 0 Å². The van der Waals surface area contributed by atoms with Crippen molar-refractivity contribution >= 4 is 0 Å². The van der Waals surface area contributed by atoms with Gasteiger partial charge in [0.2, 0.25) is 0 Å². The van der Waals surface area contributed by atoms with Crippen LogP contribution in [0.25, 0.3) is 0 Å². The molecule has 1 nitrogen and oxygen atoms in total. The fraction of sp³-hybridized carbons (Fsp3) is 1.00. The molecule has 0 saturated carbocycles. The molecule has 0 aromatic rings. The van der Waals surface area contributed by atoms with Gasteiger partial charge in [-0.2, -0.15) is 0 Å². The molecule has 0 radical (unpaired) electrons. The van der Waals surface area contributed by atoms with Crippen molar-refractivity contribution in [3.63, 3.8) is 0 Å². The molecule has 0 spiro atoms. The highest BCUT2D eigenvalue weighted by atomic mass is 16.3. The van der Waals surface area contributed by atoms with Gasteiger partial charge in [0.25, 0.3) is 0 Å². The highest BCUT2D eigenvalue weighted by Crippen LogP contribution is 2.30. The van der Waals surface area contributed by atoms with Crippen molar-refractivity contribution in [2.75, 3.05) is 0 Å². The summed E-state index contributed by atoms with van der Waals surface area (Å²) in [5.41, 5.74) is 0. The average molecular weight is 200 g/mol. The lowest BCUT2D eigenvalue weighted by Gasteiger charge is -2.32. The highest BCUT2D eigenvalue weighted by Gasteiger charge is 2.25. The Kier molecular flexibility index (Phi) is 6.43. The van der Waals surface area contributed by atoms with Gasteiger partial charge in [-0.25, -0.2) is 0 Å². The fourth-order valence-corrected chi connectivity index (χ4v) is 2.15. The Morgan fingerprint density at radius 2 is 1.36 bits per heavy atom. The second-order valence-corrected chi connectivity index (χ2v) is 5.08. The van der Waals surface area contributed by atoms with E-state index in [0.29, 0.717) is 17.8 Å². The lowest BCUT2D eigenvalue weighted by molar-refractivity contribution is 0.0717. The van der Waals surface area contributed by atoms with Crippen molar-refractivity contribution < 1.29 is 5.11 Å². The second-order valence-electron chi connectivity index (χ2n) is 5.08. The summed E-state index contributed by atoms with van der Waals surface area (Å²) in [6.45, 7) is 13.2. The van der Waals surface area contributed by atoms with Crippen molar-refractivity contribution in [2.24, 2.45) is 23.7 Å². The summed E-state index contributed by atoms with van der Waals surface area (Å²) >= 11 is 0. The summed E-state index contributed by atoms with van der Waals surface area (Å²) in [7, 11) is 0. The molecule has 0 fully saturated rings. The maximum atomic E-state index is 9.55. The van der Waals surface area contributed by atoms with E-state index < -0.39 is 0 Å². The Labute approximate surface area is 89.9 Å². The van der Waals surface area contributed by atoms with E-state index in [1.54, 1.807) is 0 Å². The van der Waals surface area contributed by atoms with Gasteiger partial charge in [-0.05, 0) is 30.6 Å². The first-order valence-electron chi connectivity index (χ1n) is 6.09. The largest absolute Gasteiger partial charge is 0.393 e. The van der Waals surface area contributed by atoms with Crippen LogP contribution in [-0.4, -0.2) is 11.2 Å². The van der Waals surface area contributed by atoms with Crippen LogP contribution in [0, 0.1) is 23.7 Å². The highest BCUT2D eigenvalue weighted by molar-refractivity contribution is 4.75. The van der Waals surface area contributed by atoms with Gasteiger partial charge < -0.3 is 5.11 Å². The minimum atomic E-state index is -0.179. The van der Waals surface area contributed by atoms with Crippen LogP contribution in [0.5, 0.6) is 0 Å². The Morgan fingerprint density at radius 3 is 1.71 bits per heavy atom. The molecule has 1 N–H and O–H groups in total. The monoisotopic (exact) mass is 200 g/mol.